The van der Waals surface area contributed by atoms with Crippen LogP contribution in [0.3, 0.4) is 0 Å². The Kier molecular flexibility index (Phi) is 3.74. The normalized spacial score (nSPS) is 28.2. The standard InChI is InChI=1S/C16H25N3/c1-12(17)11-14-6-4-9-18-16(14)19-10-8-13-5-2-3-7-15(13)19/h4,6,9,12-13,15H,2-3,5,7-8,10-11,17H2,1H3. The number of rotatable bonds is 3. The second-order valence-corrected chi connectivity index (χ2v) is 6.26. The molecule has 1 aromatic heterocycles. The summed E-state index contributed by atoms with van der Waals surface area (Å²) < 4.78 is 0. The van der Waals surface area contributed by atoms with Gasteiger partial charge in [0.05, 0.1) is 0 Å². The molecular weight excluding hydrogens is 234 g/mol. The summed E-state index contributed by atoms with van der Waals surface area (Å²) >= 11 is 0. The molecule has 0 bridgehead atoms. The first-order valence-electron chi connectivity index (χ1n) is 7.72. The summed E-state index contributed by atoms with van der Waals surface area (Å²) in [5, 5.41) is 0. The highest BCUT2D eigenvalue weighted by Crippen LogP contribution is 2.39. The SMILES string of the molecule is CC(N)Cc1cccnc1N1CCC2CCCCC21. The minimum absolute atomic E-state index is 0.202. The summed E-state index contributed by atoms with van der Waals surface area (Å²) in [5.74, 6) is 2.10. The number of hydrogen-bond acceptors (Lipinski definition) is 3. The second-order valence-electron chi connectivity index (χ2n) is 6.26. The Morgan fingerprint density at radius 2 is 2.21 bits per heavy atom. The molecule has 2 fully saturated rings. The monoisotopic (exact) mass is 259 g/mol. The van der Waals surface area contributed by atoms with Gasteiger partial charge in [-0.2, -0.15) is 0 Å². The van der Waals surface area contributed by atoms with Crippen LogP contribution in [0, 0.1) is 5.92 Å². The number of pyridine rings is 1. The molecule has 0 aromatic carbocycles. The molecule has 1 aliphatic heterocycles. The lowest BCUT2D eigenvalue weighted by molar-refractivity contribution is 0.341. The van der Waals surface area contributed by atoms with Crippen molar-refractivity contribution in [2.24, 2.45) is 11.7 Å². The molecule has 3 atom stereocenters. The Balaban J connectivity index is 1.85. The molecule has 2 heterocycles. The van der Waals surface area contributed by atoms with Crippen LogP contribution in [0.5, 0.6) is 0 Å². The van der Waals surface area contributed by atoms with Crippen molar-refractivity contribution < 1.29 is 0 Å². The van der Waals surface area contributed by atoms with Crippen LogP contribution in [0.4, 0.5) is 5.82 Å². The van der Waals surface area contributed by atoms with Crippen molar-refractivity contribution in [3.8, 4) is 0 Å². The third-order valence-corrected chi connectivity index (χ3v) is 4.69. The van der Waals surface area contributed by atoms with Crippen molar-refractivity contribution >= 4 is 5.82 Å². The molecule has 19 heavy (non-hydrogen) atoms. The van der Waals surface area contributed by atoms with E-state index in [1.54, 1.807) is 0 Å². The van der Waals surface area contributed by atoms with Crippen LogP contribution in [0.2, 0.25) is 0 Å². The summed E-state index contributed by atoms with van der Waals surface area (Å²) in [4.78, 5) is 7.25. The molecule has 3 nitrogen and oxygen atoms in total. The number of anilines is 1. The van der Waals surface area contributed by atoms with Crippen LogP contribution < -0.4 is 10.6 Å². The number of hydrogen-bond donors (Lipinski definition) is 1. The van der Waals surface area contributed by atoms with Crippen LogP contribution in [0.1, 0.15) is 44.6 Å². The van der Waals surface area contributed by atoms with Gasteiger partial charge in [-0.05, 0) is 50.2 Å². The fourth-order valence-electron chi connectivity index (χ4n) is 3.86. The van der Waals surface area contributed by atoms with Gasteiger partial charge < -0.3 is 10.6 Å². The van der Waals surface area contributed by atoms with Gasteiger partial charge in [0.25, 0.3) is 0 Å². The van der Waals surface area contributed by atoms with Gasteiger partial charge in [-0.15, -0.1) is 0 Å². The molecule has 1 saturated carbocycles. The highest BCUT2D eigenvalue weighted by molar-refractivity contribution is 5.49. The van der Waals surface area contributed by atoms with Gasteiger partial charge in [0, 0.05) is 24.8 Å². The maximum atomic E-state index is 5.98. The quantitative estimate of drug-likeness (QED) is 0.907. The summed E-state index contributed by atoms with van der Waals surface area (Å²) in [5.41, 5.74) is 7.30. The van der Waals surface area contributed by atoms with E-state index in [9.17, 15) is 0 Å². The fraction of sp³-hybridized carbons (Fsp3) is 0.688. The lowest BCUT2D eigenvalue weighted by Gasteiger charge is -2.33. The van der Waals surface area contributed by atoms with Crippen LogP contribution in [-0.2, 0) is 6.42 Å². The van der Waals surface area contributed by atoms with Crippen molar-refractivity contribution in [3.05, 3.63) is 23.9 Å². The Morgan fingerprint density at radius 3 is 3.05 bits per heavy atom. The summed E-state index contributed by atoms with van der Waals surface area (Å²) in [7, 11) is 0. The first-order chi connectivity index (χ1) is 9.25. The van der Waals surface area contributed by atoms with E-state index in [0.29, 0.717) is 0 Å². The Hall–Kier alpha value is -1.09. The van der Waals surface area contributed by atoms with Crippen LogP contribution >= 0.6 is 0 Å². The Labute approximate surface area is 116 Å². The molecule has 1 aliphatic carbocycles. The van der Waals surface area contributed by atoms with Crippen molar-refractivity contribution in [1.29, 1.82) is 0 Å². The zero-order valence-electron chi connectivity index (χ0n) is 11.9. The molecule has 2 N–H and O–H groups in total. The molecular formula is C16H25N3. The molecule has 1 saturated heterocycles. The van der Waals surface area contributed by atoms with Gasteiger partial charge in [0.15, 0.2) is 0 Å². The zero-order chi connectivity index (χ0) is 13.2. The summed E-state index contributed by atoms with van der Waals surface area (Å²) in [6.07, 6.45) is 9.76. The van der Waals surface area contributed by atoms with Crippen molar-refractivity contribution in [2.45, 2.75) is 57.5 Å². The first kappa shape index (κ1) is 12.9. The summed E-state index contributed by atoms with van der Waals surface area (Å²) in [6, 6.07) is 5.17. The Morgan fingerprint density at radius 1 is 1.37 bits per heavy atom. The molecule has 3 heteroatoms. The van der Waals surface area contributed by atoms with E-state index in [4.69, 9.17) is 5.73 Å². The van der Waals surface area contributed by atoms with Gasteiger partial charge in [-0.3, -0.25) is 0 Å². The number of aromatic nitrogens is 1. The predicted octanol–water partition coefficient (Wildman–Crippen LogP) is 2.74. The van der Waals surface area contributed by atoms with E-state index in [1.165, 1.54) is 50.0 Å². The van der Waals surface area contributed by atoms with Crippen molar-refractivity contribution in [2.75, 3.05) is 11.4 Å². The average Bonchev–Trinajstić information content (AvgIpc) is 2.82. The molecule has 104 valence electrons. The highest BCUT2D eigenvalue weighted by Gasteiger charge is 2.36. The van der Waals surface area contributed by atoms with Crippen molar-refractivity contribution in [3.63, 3.8) is 0 Å². The second kappa shape index (κ2) is 5.49. The van der Waals surface area contributed by atoms with Crippen molar-refractivity contribution in [1.82, 2.24) is 4.98 Å². The first-order valence-corrected chi connectivity index (χ1v) is 7.72. The molecule has 3 rings (SSSR count). The number of nitrogens with zero attached hydrogens (tertiary/aromatic N) is 2. The molecule has 2 aliphatic rings. The predicted molar refractivity (Wildman–Crippen MR) is 79.3 cm³/mol. The topological polar surface area (TPSA) is 42.1 Å². The largest absolute Gasteiger partial charge is 0.353 e. The highest BCUT2D eigenvalue weighted by atomic mass is 15.2. The smallest absolute Gasteiger partial charge is 0.132 e. The fourth-order valence-corrected chi connectivity index (χ4v) is 3.86. The lowest BCUT2D eigenvalue weighted by Crippen LogP contribution is -2.36. The molecule has 3 unspecified atom stereocenters. The Bertz CT molecular complexity index is 430. The molecule has 1 aromatic rings. The van der Waals surface area contributed by atoms with Gasteiger partial charge in [0.2, 0.25) is 0 Å². The van der Waals surface area contributed by atoms with Gasteiger partial charge in [-0.1, -0.05) is 18.9 Å². The maximum Gasteiger partial charge on any atom is 0.132 e. The van der Waals surface area contributed by atoms with Crippen LogP contribution in [0.25, 0.3) is 0 Å². The van der Waals surface area contributed by atoms with Crippen LogP contribution in [-0.4, -0.2) is 23.6 Å². The van der Waals surface area contributed by atoms with E-state index in [2.05, 4.69) is 22.9 Å². The molecule has 0 amide bonds. The maximum absolute atomic E-state index is 5.98. The zero-order valence-corrected chi connectivity index (χ0v) is 11.9. The molecule has 0 radical (unpaired) electrons. The number of fused-ring (bicyclic) bond motifs is 1. The molecule has 0 spiro atoms. The summed E-state index contributed by atoms with van der Waals surface area (Å²) in [6.45, 7) is 3.25. The minimum Gasteiger partial charge on any atom is -0.353 e. The number of nitrogens with two attached hydrogens (primary N) is 1. The van der Waals surface area contributed by atoms with E-state index >= 15 is 0 Å². The third-order valence-electron chi connectivity index (χ3n) is 4.69. The third kappa shape index (κ3) is 2.62. The van der Waals surface area contributed by atoms with Crippen LogP contribution in [0.15, 0.2) is 18.3 Å². The van der Waals surface area contributed by atoms with Gasteiger partial charge >= 0.3 is 0 Å². The average molecular weight is 259 g/mol. The van der Waals surface area contributed by atoms with Gasteiger partial charge in [0.1, 0.15) is 5.82 Å². The lowest BCUT2D eigenvalue weighted by atomic mass is 9.85. The van der Waals surface area contributed by atoms with Gasteiger partial charge in [-0.25, -0.2) is 4.98 Å². The minimum atomic E-state index is 0.202. The van der Waals surface area contributed by atoms with E-state index in [1.807, 2.05) is 12.3 Å². The van der Waals surface area contributed by atoms with E-state index < -0.39 is 0 Å². The van der Waals surface area contributed by atoms with E-state index in [-0.39, 0.29) is 6.04 Å². The van der Waals surface area contributed by atoms with E-state index in [0.717, 1.165) is 18.4 Å².